The zero-order valence-electron chi connectivity index (χ0n) is 8.16. The second-order valence-electron chi connectivity index (χ2n) is 3.63. The average molecular weight is 182 g/mol. The van der Waals surface area contributed by atoms with Crippen LogP contribution in [0.25, 0.3) is 0 Å². The van der Waals surface area contributed by atoms with Crippen LogP contribution in [0, 0.1) is 11.3 Å². The second kappa shape index (κ2) is 3.32. The lowest BCUT2D eigenvalue weighted by Crippen LogP contribution is -2.36. The van der Waals surface area contributed by atoms with Crippen LogP contribution < -0.4 is 0 Å². The molecule has 0 fully saturated rings. The monoisotopic (exact) mass is 182 g/mol. The fourth-order valence-electron chi connectivity index (χ4n) is 1.82. The number of carbonyl (C=O) groups excluding carboxylic acids is 2. The summed E-state index contributed by atoms with van der Waals surface area (Å²) in [6.45, 7) is 3.27. The molecule has 72 valence electrons. The SMILES string of the molecule is COC(=O)C1(C)CC=CC1C(C)=O. The number of hydrogen-bond donors (Lipinski definition) is 0. The molecule has 0 aromatic rings. The van der Waals surface area contributed by atoms with Gasteiger partial charge in [-0.05, 0) is 20.3 Å². The van der Waals surface area contributed by atoms with Gasteiger partial charge in [0.15, 0.2) is 0 Å². The van der Waals surface area contributed by atoms with E-state index in [4.69, 9.17) is 0 Å². The molecule has 1 aliphatic carbocycles. The van der Waals surface area contributed by atoms with Crippen molar-refractivity contribution >= 4 is 11.8 Å². The Labute approximate surface area is 77.8 Å². The van der Waals surface area contributed by atoms with Crippen molar-refractivity contribution < 1.29 is 14.3 Å². The Kier molecular flexibility index (Phi) is 2.55. The standard InChI is InChI=1S/C10H14O3/c1-7(11)8-5-4-6-10(8,2)9(12)13-3/h4-5,8H,6H2,1-3H3. The minimum atomic E-state index is -0.680. The molecule has 0 radical (unpaired) electrons. The van der Waals surface area contributed by atoms with Crippen molar-refractivity contribution in [3.63, 3.8) is 0 Å². The zero-order chi connectivity index (χ0) is 10.1. The van der Waals surface area contributed by atoms with Crippen molar-refractivity contribution in [2.24, 2.45) is 11.3 Å². The Morgan fingerprint density at radius 3 is 2.62 bits per heavy atom. The van der Waals surface area contributed by atoms with E-state index in [1.165, 1.54) is 14.0 Å². The van der Waals surface area contributed by atoms with Crippen molar-refractivity contribution in [1.82, 2.24) is 0 Å². The lowest BCUT2D eigenvalue weighted by Gasteiger charge is -2.26. The second-order valence-corrected chi connectivity index (χ2v) is 3.63. The highest BCUT2D eigenvalue weighted by Gasteiger charge is 2.45. The third-order valence-corrected chi connectivity index (χ3v) is 2.65. The van der Waals surface area contributed by atoms with Gasteiger partial charge in [0.25, 0.3) is 0 Å². The first-order valence-electron chi connectivity index (χ1n) is 4.28. The average Bonchev–Trinajstić information content (AvgIpc) is 2.47. The Hall–Kier alpha value is -1.12. The number of Topliss-reactive ketones (excluding diaryl/α,β-unsaturated/α-hetero) is 1. The van der Waals surface area contributed by atoms with E-state index in [1.807, 2.05) is 6.08 Å². The third-order valence-electron chi connectivity index (χ3n) is 2.65. The van der Waals surface area contributed by atoms with Crippen LogP contribution >= 0.6 is 0 Å². The van der Waals surface area contributed by atoms with Crippen LogP contribution in [0.1, 0.15) is 20.3 Å². The highest BCUT2D eigenvalue weighted by Crippen LogP contribution is 2.39. The van der Waals surface area contributed by atoms with Gasteiger partial charge in [-0.25, -0.2) is 0 Å². The lowest BCUT2D eigenvalue weighted by molar-refractivity contribution is -0.155. The van der Waals surface area contributed by atoms with E-state index in [0.29, 0.717) is 6.42 Å². The molecule has 0 spiro atoms. The first-order valence-corrected chi connectivity index (χ1v) is 4.28. The molecular weight excluding hydrogens is 168 g/mol. The maximum Gasteiger partial charge on any atom is 0.312 e. The number of allylic oxidation sites excluding steroid dienone is 2. The number of carbonyl (C=O) groups is 2. The van der Waals surface area contributed by atoms with Gasteiger partial charge in [0, 0.05) is 0 Å². The van der Waals surface area contributed by atoms with Crippen LogP contribution in [0.3, 0.4) is 0 Å². The van der Waals surface area contributed by atoms with Gasteiger partial charge >= 0.3 is 5.97 Å². The Morgan fingerprint density at radius 2 is 2.15 bits per heavy atom. The van der Waals surface area contributed by atoms with E-state index in [1.54, 1.807) is 13.0 Å². The third kappa shape index (κ3) is 1.50. The van der Waals surface area contributed by atoms with Gasteiger partial charge in [0.1, 0.15) is 5.78 Å². The summed E-state index contributed by atoms with van der Waals surface area (Å²) in [5.41, 5.74) is -0.680. The Bertz CT molecular complexity index is 267. The minimum absolute atomic E-state index is 0.0154. The highest BCUT2D eigenvalue weighted by molar-refractivity contribution is 5.90. The molecule has 0 saturated carbocycles. The van der Waals surface area contributed by atoms with E-state index in [-0.39, 0.29) is 17.7 Å². The molecule has 0 aliphatic heterocycles. The topological polar surface area (TPSA) is 43.4 Å². The highest BCUT2D eigenvalue weighted by atomic mass is 16.5. The first kappa shape index (κ1) is 9.96. The van der Waals surface area contributed by atoms with Crippen LogP contribution in [0.5, 0.6) is 0 Å². The summed E-state index contributed by atoms with van der Waals surface area (Å²) in [6, 6.07) is 0. The molecule has 3 nitrogen and oxygen atoms in total. The molecular formula is C10H14O3. The molecule has 1 aliphatic rings. The zero-order valence-corrected chi connectivity index (χ0v) is 8.16. The molecule has 1 rings (SSSR count). The molecule has 0 amide bonds. The summed E-state index contributed by atoms with van der Waals surface area (Å²) >= 11 is 0. The lowest BCUT2D eigenvalue weighted by atomic mass is 9.77. The quantitative estimate of drug-likeness (QED) is 0.478. The molecule has 0 aromatic carbocycles. The summed E-state index contributed by atoms with van der Waals surface area (Å²) in [5, 5.41) is 0. The van der Waals surface area contributed by atoms with Gasteiger partial charge in [-0.3, -0.25) is 9.59 Å². The predicted octanol–water partition coefficient (Wildman–Crippen LogP) is 1.33. The number of hydrogen-bond acceptors (Lipinski definition) is 3. The van der Waals surface area contributed by atoms with E-state index < -0.39 is 5.41 Å². The molecule has 2 unspecified atom stereocenters. The van der Waals surface area contributed by atoms with Crippen LogP contribution in [0.2, 0.25) is 0 Å². The summed E-state index contributed by atoms with van der Waals surface area (Å²) in [5.74, 6) is -0.612. The molecule has 3 heteroatoms. The molecule has 0 bridgehead atoms. The summed E-state index contributed by atoms with van der Waals surface area (Å²) in [7, 11) is 1.35. The van der Waals surface area contributed by atoms with Crippen LogP contribution in [-0.2, 0) is 14.3 Å². The van der Waals surface area contributed by atoms with Gasteiger partial charge in [0.2, 0.25) is 0 Å². The number of ketones is 1. The maximum atomic E-state index is 11.4. The van der Waals surface area contributed by atoms with Crippen molar-refractivity contribution in [2.45, 2.75) is 20.3 Å². The molecule has 0 saturated heterocycles. The molecule has 0 aromatic heterocycles. The fourth-order valence-corrected chi connectivity index (χ4v) is 1.82. The summed E-state index contributed by atoms with van der Waals surface area (Å²) < 4.78 is 4.69. The Morgan fingerprint density at radius 1 is 1.54 bits per heavy atom. The summed E-state index contributed by atoms with van der Waals surface area (Å²) in [4.78, 5) is 22.7. The first-order chi connectivity index (χ1) is 6.02. The van der Waals surface area contributed by atoms with Crippen molar-refractivity contribution in [2.75, 3.05) is 7.11 Å². The van der Waals surface area contributed by atoms with E-state index in [0.717, 1.165) is 0 Å². The van der Waals surface area contributed by atoms with E-state index in [9.17, 15) is 9.59 Å². The molecule has 0 heterocycles. The largest absolute Gasteiger partial charge is 0.469 e. The van der Waals surface area contributed by atoms with E-state index >= 15 is 0 Å². The Balaban J connectivity index is 2.91. The number of esters is 1. The smallest absolute Gasteiger partial charge is 0.312 e. The predicted molar refractivity (Wildman–Crippen MR) is 48.1 cm³/mol. The van der Waals surface area contributed by atoms with Gasteiger partial charge in [0.05, 0.1) is 18.4 Å². The molecule has 0 N–H and O–H groups in total. The van der Waals surface area contributed by atoms with Gasteiger partial charge in [-0.15, -0.1) is 0 Å². The minimum Gasteiger partial charge on any atom is -0.469 e. The number of ether oxygens (including phenoxy) is 1. The van der Waals surface area contributed by atoms with Crippen LogP contribution in [0.15, 0.2) is 12.2 Å². The number of rotatable bonds is 2. The maximum absolute atomic E-state index is 11.4. The van der Waals surface area contributed by atoms with Crippen molar-refractivity contribution in [3.8, 4) is 0 Å². The van der Waals surface area contributed by atoms with Crippen LogP contribution in [-0.4, -0.2) is 18.9 Å². The van der Waals surface area contributed by atoms with Gasteiger partial charge in [-0.1, -0.05) is 12.2 Å². The summed E-state index contributed by atoms with van der Waals surface area (Å²) in [6.07, 6.45) is 4.24. The molecule has 2 atom stereocenters. The van der Waals surface area contributed by atoms with Crippen molar-refractivity contribution in [1.29, 1.82) is 0 Å². The van der Waals surface area contributed by atoms with Crippen molar-refractivity contribution in [3.05, 3.63) is 12.2 Å². The number of methoxy groups -OCH3 is 1. The normalized spacial score (nSPS) is 31.8. The van der Waals surface area contributed by atoms with Gasteiger partial charge in [-0.2, -0.15) is 0 Å². The molecule has 13 heavy (non-hydrogen) atoms. The van der Waals surface area contributed by atoms with Crippen LogP contribution in [0.4, 0.5) is 0 Å². The van der Waals surface area contributed by atoms with Gasteiger partial charge < -0.3 is 4.74 Å². The fraction of sp³-hybridized carbons (Fsp3) is 0.600. The van der Waals surface area contributed by atoms with E-state index in [2.05, 4.69) is 4.74 Å².